The fourth-order valence-corrected chi connectivity index (χ4v) is 5.30. The Hall–Kier alpha value is -3.75. The van der Waals surface area contributed by atoms with Crippen LogP contribution in [0.2, 0.25) is 0 Å². The summed E-state index contributed by atoms with van der Waals surface area (Å²) in [5.74, 6) is -0.199. The Morgan fingerprint density at radius 1 is 1.16 bits per heavy atom. The van der Waals surface area contributed by atoms with E-state index in [0.29, 0.717) is 24.3 Å². The maximum atomic E-state index is 13.5. The van der Waals surface area contributed by atoms with Crippen LogP contribution in [0.15, 0.2) is 53.6 Å². The van der Waals surface area contributed by atoms with Crippen molar-refractivity contribution in [2.75, 3.05) is 26.3 Å². The average Bonchev–Trinajstić information content (AvgIpc) is 3.32. The number of pyridine rings is 3. The van der Waals surface area contributed by atoms with Crippen molar-refractivity contribution in [3.63, 3.8) is 0 Å². The topological polar surface area (TPSA) is 91.7 Å². The van der Waals surface area contributed by atoms with E-state index in [4.69, 9.17) is 4.74 Å². The van der Waals surface area contributed by atoms with E-state index in [1.165, 1.54) is 0 Å². The van der Waals surface area contributed by atoms with E-state index >= 15 is 0 Å². The quantitative estimate of drug-likeness (QED) is 0.419. The zero-order valence-electron chi connectivity index (χ0n) is 21.8. The van der Waals surface area contributed by atoms with Crippen molar-refractivity contribution in [1.82, 2.24) is 24.6 Å². The SMILES string of the molecule is Cc1cc(C)c(CNC(=O)c2cc3cc(-c4ccccn4)cn3c(C(C)N3CCOCC3)c2C)c(=O)[nH]1. The first-order valence-corrected chi connectivity index (χ1v) is 12.7. The highest BCUT2D eigenvalue weighted by molar-refractivity contribution is 5.97. The summed E-state index contributed by atoms with van der Waals surface area (Å²) in [6, 6.07) is 11.9. The normalized spacial score (nSPS) is 15.1. The number of aromatic nitrogens is 3. The highest BCUT2D eigenvalue weighted by atomic mass is 16.5. The number of morpholine rings is 1. The first-order chi connectivity index (χ1) is 17.8. The monoisotopic (exact) mass is 499 g/mol. The molecular weight excluding hydrogens is 466 g/mol. The fraction of sp³-hybridized carbons (Fsp3) is 0.345. The van der Waals surface area contributed by atoms with Gasteiger partial charge in [0.25, 0.3) is 11.5 Å². The summed E-state index contributed by atoms with van der Waals surface area (Å²) in [6.45, 7) is 11.2. The van der Waals surface area contributed by atoms with Gasteiger partial charge in [0.15, 0.2) is 0 Å². The minimum atomic E-state index is -0.199. The van der Waals surface area contributed by atoms with Gasteiger partial charge in [0.2, 0.25) is 0 Å². The van der Waals surface area contributed by atoms with Gasteiger partial charge in [0, 0.05) is 71.7 Å². The molecule has 0 bridgehead atoms. The van der Waals surface area contributed by atoms with Crippen LogP contribution in [-0.2, 0) is 11.3 Å². The van der Waals surface area contributed by atoms with Crippen LogP contribution in [-0.4, -0.2) is 51.5 Å². The van der Waals surface area contributed by atoms with Crippen LogP contribution in [0.25, 0.3) is 16.8 Å². The van der Waals surface area contributed by atoms with E-state index < -0.39 is 0 Å². The Bertz CT molecular complexity index is 1500. The molecule has 0 aromatic carbocycles. The smallest absolute Gasteiger partial charge is 0.253 e. The van der Waals surface area contributed by atoms with Gasteiger partial charge in [-0.05, 0) is 69.2 Å². The minimum Gasteiger partial charge on any atom is -0.379 e. The third-order valence-corrected chi connectivity index (χ3v) is 7.30. The van der Waals surface area contributed by atoms with Gasteiger partial charge in [-0.2, -0.15) is 0 Å². The summed E-state index contributed by atoms with van der Waals surface area (Å²) in [7, 11) is 0. The van der Waals surface area contributed by atoms with E-state index in [2.05, 4.69) is 43.8 Å². The number of carbonyl (C=O) groups is 1. The van der Waals surface area contributed by atoms with Crippen LogP contribution in [0.3, 0.4) is 0 Å². The molecule has 1 unspecified atom stereocenters. The number of nitrogens with one attached hydrogen (secondary N) is 2. The number of H-pyrrole nitrogens is 1. The number of nitrogens with zero attached hydrogens (tertiary/aromatic N) is 3. The van der Waals surface area contributed by atoms with Crippen LogP contribution in [0, 0.1) is 20.8 Å². The highest BCUT2D eigenvalue weighted by Crippen LogP contribution is 2.31. The van der Waals surface area contributed by atoms with Crippen LogP contribution in [0.1, 0.15) is 51.4 Å². The van der Waals surface area contributed by atoms with Gasteiger partial charge >= 0.3 is 0 Å². The van der Waals surface area contributed by atoms with Crippen molar-refractivity contribution in [2.24, 2.45) is 0 Å². The number of ether oxygens (including phenoxy) is 1. The lowest BCUT2D eigenvalue weighted by atomic mass is 10.0. The molecule has 8 heteroatoms. The van der Waals surface area contributed by atoms with E-state index in [0.717, 1.165) is 52.4 Å². The lowest BCUT2D eigenvalue weighted by Crippen LogP contribution is -2.39. The predicted molar refractivity (Wildman–Crippen MR) is 144 cm³/mol. The molecule has 1 amide bonds. The molecule has 0 spiro atoms. The van der Waals surface area contributed by atoms with Crippen LogP contribution < -0.4 is 10.9 Å². The predicted octanol–water partition coefficient (Wildman–Crippen LogP) is 3.94. The number of aromatic amines is 1. The number of rotatable bonds is 6. The Labute approximate surface area is 216 Å². The summed E-state index contributed by atoms with van der Waals surface area (Å²) >= 11 is 0. The van der Waals surface area contributed by atoms with Gasteiger partial charge < -0.3 is 19.4 Å². The zero-order valence-corrected chi connectivity index (χ0v) is 21.8. The Morgan fingerprint density at radius 2 is 1.95 bits per heavy atom. The average molecular weight is 500 g/mol. The van der Waals surface area contributed by atoms with Gasteiger partial charge in [-0.25, -0.2) is 0 Å². The highest BCUT2D eigenvalue weighted by Gasteiger charge is 2.26. The molecule has 4 aromatic rings. The van der Waals surface area contributed by atoms with Crippen LogP contribution in [0.4, 0.5) is 0 Å². The Balaban J connectivity index is 1.56. The molecule has 1 fully saturated rings. The van der Waals surface area contributed by atoms with E-state index in [1.807, 2.05) is 51.1 Å². The van der Waals surface area contributed by atoms with Crippen molar-refractivity contribution in [1.29, 1.82) is 0 Å². The maximum absolute atomic E-state index is 13.5. The molecule has 37 heavy (non-hydrogen) atoms. The molecule has 1 aliphatic heterocycles. The number of amides is 1. The van der Waals surface area contributed by atoms with Crippen LogP contribution >= 0.6 is 0 Å². The molecule has 8 nitrogen and oxygen atoms in total. The number of hydrogen-bond donors (Lipinski definition) is 2. The molecule has 4 aromatic heterocycles. The molecule has 5 rings (SSSR count). The summed E-state index contributed by atoms with van der Waals surface area (Å²) in [4.78, 5) is 35.7. The van der Waals surface area contributed by atoms with Crippen molar-refractivity contribution >= 4 is 11.4 Å². The van der Waals surface area contributed by atoms with Gasteiger partial charge in [0.05, 0.1) is 18.9 Å². The molecule has 1 atom stereocenters. The third kappa shape index (κ3) is 4.95. The zero-order chi connectivity index (χ0) is 26.1. The molecule has 1 aliphatic rings. The second-order valence-corrected chi connectivity index (χ2v) is 9.76. The first kappa shape index (κ1) is 24.9. The van der Waals surface area contributed by atoms with Gasteiger partial charge in [-0.1, -0.05) is 6.07 Å². The van der Waals surface area contributed by atoms with Crippen molar-refractivity contribution in [2.45, 2.75) is 40.3 Å². The fourth-order valence-electron chi connectivity index (χ4n) is 5.30. The van der Waals surface area contributed by atoms with E-state index in [9.17, 15) is 9.59 Å². The number of hydrogen-bond acceptors (Lipinski definition) is 5. The molecule has 0 radical (unpaired) electrons. The van der Waals surface area contributed by atoms with Crippen molar-refractivity contribution in [3.8, 4) is 11.3 Å². The Kier molecular flexibility index (Phi) is 6.95. The lowest BCUT2D eigenvalue weighted by molar-refractivity contribution is 0.0187. The first-order valence-electron chi connectivity index (χ1n) is 12.7. The number of aryl methyl sites for hydroxylation is 2. The van der Waals surface area contributed by atoms with Gasteiger partial charge in [-0.15, -0.1) is 0 Å². The largest absolute Gasteiger partial charge is 0.379 e. The standard InChI is InChI=1S/C29H33N5O3/c1-18-13-19(2)32-29(36)25(18)16-31-28(35)24-15-23-14-22(26-7-5-6-8-30-26)17-34(23)27(20(24)3)21(4)33-9-11-37-12-10-33/h5-8,13-15,17,21H,9-12,16H2,1-4H3,(H,31,35)(H,32,36). The molecule has 0 saturated carbocycles. The van der Waals surface area contributed by atoms with E-state index in [1.54, 1.807) is 6.20 Å². The lowest BCUT2D eigenvalue weighted by Gasteiger charge is -2.34. The second kappa shape index (κ2) is 10.3. The summed E-state index contributed by atoms with van der Waals surface area (Å²) < 4.78 is 7.76. The second-order valence-electron chi connectivity index (χ2n) is 9.76. The van der Waals surface area contributed by atoms with Crippen LogP contribution in [0.5, 0.6) is 0 Å². The summed E-state index contributed by atoms with van der Waals surface area (Å²) in [5.41, 5.74) is 7.46. The molecular formula is C29H33N5O3. The minimum absolute atomic E-state index is 0.0744. The van der Waals surface area contributed by atoms with Crippen molar-refractivity contribution in [3.05, 3.63) is 92.8 Å². The van der Waals surface area contributed by atoms with Gasteiger partial charge in [0.1, 0.15) is 0 Å². The number of fused-ring (bicyclic) bond motifs is 1. The van der Waals surface area contributed by atoms with E-state index in [-0.39, 0.29) is 24.1 Å². The summed E-state index contributed by atoms with van der Waals surface area (Å²) in [5, 5.41) is 2.99. The molecule has 5 heterocycles. The number of carbonyl (C=O) groups excluding carboxylic acids is 1. The van der Waals surface area contributed by atoms with Gasteiger partial charge in [-0.3, -0.25) is 19.5 Å². The third-order valence-electron chi connectivity index (χ3n) is 7.30. The summed E-state index contributed by atoms with van der Waals surface area (Å²) in [6.07, 6.45) is 3.89. The maximum Gasteiger partial charge on any atom is 0.253 e. The molecule has 192 valence electrons. The van der Waals surface area contributed by atoms with Crippen molar-refractivity contribution < 1.29 is 9.53 Å². The Morgan fingerprint density at radius 3 is 2.65 bits per heavy atom. The molecule has 1 saturated heterocycles. The molecule has 2 N–H and O–H groups in total. The molecule has 0 aliphatic carbocycles.